The van der Waals surface area contributed by atoms with Crippen LogP contribution in [0.5, 0.6) is 0 Å². The molecule has 0 unspecified atom stereocenters. The first-order valence-electron chi connectivity index (χ1n) is 6.25. The fraction of sp³-hybridized carbons (Fsp3) is 0.429. The Morgan fingerprint density at radius 3 is 2.89 bits per heavy atom. The molecule has 19 heavy (non-hydrogen) atoms. The third-order valence-electron chi connectivity index (χ3n) is 3.40. The number of hydrogen-bond acceptors (Lipinski definition) is 3. The summed E-state index contributed by atoms with van der Waals surface area (Å²) in [7, 11) is 0. The molecule has 2 amide bonds. The third kappa shape index (κ3) is 2.71. The molecule has 102 valence electrons. The molecular weight excluding hydrogens is 260 g/mol. The molecule has 1 N–H and O–H groups in total. The minimum Gasteiger partial charge on any atom is -0.352 e. The Bertz CT molecular complexity index is 531. The van der Waals surface area contributed by atoms with Crippen LogP contribution >= 0.6 is 11.3 Å². The number of rotatable bonds is 2. The van der Waals surface area contributed by atoms with Crippen LogP contribution in [-0.2, 0) is 9.59 Å². The first-order chi connectivity index (χ1) is 8.93. The van der Waals surface area contributed by atoms with Crippen LogP contribution in [0.25, 0.3) is 6.08 Å². The predicted octanol–water partition coefficient (Wildman–Crippen LogP) is 1.81. The molecule has 0 spiro atoms. The van der Waals surface area contributed by atoms with Gasteiger partial charge in [0.1, 0.15) is 5.54 Å². The molecule has 5 heteroatoms. The molecule has 0 aromatic carbocycles. The molecule has 1 fully saturated rings. The molecule has 1 aliphatic heterocycles. The van der Waals surface area contributed by atoms with Crippen molar-refractivity contribution >= 4 is 29.2 Å². The average Bonchev–Trinajstić information content (AvgIpc) is 2.75. The van der Waals surface area contributed by atoms with E-state index in [0.717, 1.165) is 10.4 Å². The molecule has 1 aliphatic rings. The Kier molecular flexibility index (Phi) is 3.75. The van der Waals surface area contributed by atoms with Gasteiger partial charge in [-0.3, -0.25) is 9.59 Å². The number of carbonyl (C=O) groups is 2. The van der Waals surface area contributed by atoms with E-state index in [-0.39, 0.29) is 11.8 Å². The lowest BCUT2D eigenvalue weighted by molar-refractivity contribution is -0.146. The SMILES string of the molecule is Cc1ccsc1C=CC(=O)N1CCNC(=O)C1(C)C. The summed E-state index contributed by atoms with van der Waals surface area (Å²) in [6.07, 6.45) is 3.38. The van der Waals surface area contributed by atoms with Gasteiger partial charge in [-0.15, -0.1) is 11.3 Å². The van der Waals surface area contributed by atoms with Crippen LogP contribution in [0.2, 0.25) is 0 Å². The van der Waals surface area contributed by atoms with Crippen LogP contribution in [0.4, 0.5) is 0 Å². The number of thiophene rings is 1. The zero-order valence-corrected chi connectivity index (χ0v) is 12.2. The van der Waals surface area contributed by atoms with Crippen LogP contribution in [0.15, 0.2) is 17.5 Å². The van der Waals surface area contributed by atoms with E-state index >= 15 is 0 Å². The summed E-state index contributed by atoms with van der Waals surface area (Å²) in [5.74, 6) is -0.222. The van der Waals surface area contributed by atoms with Crippen molar-refractivity contribution in [2.45, 2.75) is 26.3 Å². The molecule has 2 heterocycles. The van der Waals surface area contributed by atoms with Gasteiger partial charge in [-0.25, -0.2) is 0 Å². The molecule has 2 rings (SSSR count). The smallest absolute Gasteiger partial charge is 0.247 e. The largest absolute Gasteiger partial charge is 0.352 e. The van der Waals surface area contributed by atoms with Crippen LogP contribution in [-0.4, -0.2) is 35.3 Å². The van der Waals surface area contributed by atoms with E-state index in [0.29, 0.717) is 13.1 Å². The molecule has 0 aliphatic carbocycles. The molecule has 1 aromatic heterocycles. The minimum atomic E-state index is -0.788. The minimum absolute atomic E-state index is 0.104. The molecule has 1 aromatic rings. The van der Waals surface area contributed by atoms with Gasteiger partial charge in [0.05, 0.1) is 0 Å². The lowest BCUT2D eigenvalue weighted by Crippen LogP contribution is -2.63. The first-order valence-corrected chi connectivity index (χ1v) is 7.13. The number of carbonyl (C=O) groups excluding carboxylic acids is 2. The lowest BCUT2D eigenvalue weighted by Gasteiger charge is -2.40. The zero-order chi connectivity index (χ0) is 14.0. The molecule has 0 saturated carbocycles. The van der Waals surface area contributed by atoms with Crippen LogP contribution in [0.1, 0.15) is 24.3 Å². The standard InChI is InChI=1S/C14H18N2O2S/c1-10-6-9-19-11(10)4-5-12(17)16-8-7-15-13(18)14(16,2)3/h4-6,9H,7-8H2,1-3H3,(H,15,18). The van der Waals surface area contributed by atoms with Crippen molar-refractivity contribution in [1.82, 2.24) is 10.2 Å². The van der Waals surface area contributed by atoms with Gasteiger partial charge >= 0.3 is 0 Å². The number of nitrogens with one attached hydrogen (secondary N) is 1. The number of nitrogens with zero attached hydrogens (tertiary/aromatic N) is 1. The molecule has 4 nitrogen and oxygen atoms in total. The fourth-order valence-electron chi connectivity index (χ4n) is 2.08. The summed E-state index contributed by atoms with van der Waals surface area (Å²) in [6, 6.07) is 2.02. The number of aryl methyl sites for hydroxylation is 1. The summed E-state index contributed by atoms with van der Waals surface area (Å²) in [6.45, 7) is 6.61. The van der Waals surface area contributed by atoms with E-state index in [9.17, 15) is 9.59 Å². The second-order valence-corrected chi connectivity index (χ2v) is 6.05. The van der Waals surface area contributed by atoms with Gasteiger partial charge in [-0.05, 0) is 43.9 Å². The Hall–Kier alpha value is -1.62. The Balaban J connectivity index is 2.14. The summed E-state index contributed by atoms with van der Waals surface area (Å²) >= 11 is 1.60. The zero-order valence-electron chi connectivity index (χ0n) is 11.4. The third-order valence-corrected chi connectivity index (χ3v) is 4.38. The fourth-order valence-corrected chi connectivity index (χ4v) is 2.90. The van der Waals surface area contributed by atoms with Gasteiger partial charge in [0.15, 0.2) is 0 Å². The second-order valence-electron chi connectivity index (χ2n) is 5.11. The van der Waals surface area contributed by atoms with Gasteiger partial charge in [0.25, 0.3) is 0 Å². The number of piperazine rings is 1. The highest BCUT2D eigenvalue weighted by molar-refractivity contribution is 7.11. The van der Waals surface area contributed by atoms with Gasteiger partial charge in [0, 0.05) is 24.0 Å². The van der Waals surface area contributed by atoms with Crippen LogP contribution in [0, 0.1) is 6.92 Å². The van der Waals surface area contributed by atoms with Crippen molar-refractivity contribution in [1.29, 1.82) is 0 Å². The normalized spacial score (nSPS) is 18.7. The number of hydrogen-bond donors (Lipinski definition) is 1. The van der Waals surface area contributed by atoms with Gasteiger partial charge in [0.2, 0.25) is 11.8 Å². The van der Waals surface area contributed by atoms with Crippen molar-refractivity contribution in [2.75, 3.05) is 13.1 Å². The molecule has 1 saturated heterocycles. The van der Waals surface area contributed by atoms with Crippen molar-refractivity contribution in [3.05, 3.63) is 28.0 Å². The topological polar surface area (TPSA) is 49.4 Å². The monoisotopic (exact) mass is 278 g/mol. The lowest BCUT2D eigenvalue weighted by atomic mass is 9.99. The van der Waals surface area contributed by atoms with Gasteiger partial charge in [-0.1, -0.05) is 0 Å². The van der Waals surface area contributed by atoms with E-state index in [1.807, 2.05) is 24.4 Å². The van der Waals surface area contributed by atoms with Crippen molar-refractivity contribution in [3.8, 4) is 0 Å². The number of amides is 2. The van der Waals surface area contributed by atoms with E-state index in [2.05, 4.69) is 5.32 Å². The maximum Gasteiger partial charge on any atom is 0.247 e. The summed E-state index contributed by atoms with van der Waals surface area (Å²) in [5.41, 5.74) is 0.370. The Morgan fingerprint density at radius 2 is 2.26 bits per heavy atom. The van der Waals surface area contributed by atoms with Gasteiger partial charge < -0.3 is 10.2 Å². The van der Waals surface area contributed by atoms with Gasteiger partial charge in [-0.2, -0.15) is 0 Å². The van der Waals surface area contributed by atoms with Crippen LogP contribution < -0.4 is 5.32 Å². The Morgan fingerprint density at radius 1 is 1.53 bits per heavy atom. The summed E-state index contributed by atoms with van der Waals surface area (Å²) in [5, 5.41) is 4.78. The van der Waals surface area contributed by atoms with E-state index in [4.69, 9.17) is 0 Å². The van der Waals surface area contributed by atoms with Crippen molar-refractivity contribution < 1.29 is 9.59 Å². The predicted molar refractivity (Wildman–Crippen MR) is 76.9 cm³/mol. The van der Waals surface area contributed by atoms with Crippen LogP contribution in [0.3, 0.4) is 0 Å². The summed E-state index contributed by atoms with van der Waals surface area (Å²) < 4.78 is 0. The maximum atomic E-state index is 12.2. The molecular formula is C14H18N2O2S. The molecule has 0 bridgehead atoms. The molecule has 0 atom stereocenters. The maximum absolute atomic E-state index is 12.2. The highest BCUT2D eigenvalue weighted by Gasteiger charge is 2.39. The quantitative estimate of drug-likeness (QED) is 0.839. The summed E-state index contributed by atoms with van der Waals surface area (Å²) in [4.78, 5) is 26.7. The van der Waals surface area contributed by atoms with E-state index < -0.39 is 5.54 Å². The van der Waals surface area contributed by atoms with Crippen molar-refractivity contribution in [3.63, 3.8) is 0 Å². The first kappa shape index (κ1) is 13.8. The highest BCUT2D eigenvalue weighted by atomic mass is 32.1. The highest BCUT2D eigenvalue weighted by Crippen LogP contribution is 2.20. The van der Waals surface area contributed by atoms with E-state index in [1.165, 1.54) is 0 Å². The van der Waals surface area contributed by atoms with E-state index in [1.54, 1.807) is 36.2 Å². The van der Waals surface area contributed by atoms with Crippen molar-refractivity contribution in [2.24, 2.45) is 0 Å². The Labute approximate surface area is 117 Å². The molecule has 0 radical (unpaired) electrons. The average molecular weight is 278 g/mol. The second kappa shape index (κ2) is 5.17.